The van der Waals surface area contributed by atoms with Crippen LogP contribution in [0, 0.1) is 11.3 Å². The van der Waals surface area contributed by atoms with Crippen LogP contribution < -0.4 is 5.32 Å². The molecule has 0 aromatic heterocycles. The van der Waals surface area contributed by atoms with Crippen LogP contribution >= 0.6 is 15.9 Å². The number of nitrogens with one attached hydrogen (secondary N) is 1. The normalized spacial score (nSPS) is 9.64. The number of carbonyl (C=O) groups excluding carboxylic acids is 2. The van der Waals surface area contributed by atoms with Gasteiger partial charge in [0.1, 0.15) is 6.07 Å². The molecule has 110 valence electrons. The molecule has 0 aliphatic heterocycles. The summed E-state index contributed by atoms with van der Waals surface area (Å²) in [5, 5.41) is 11.1. The standard InChI is InChI=1S/C16H11BrN2O3/c17-13-7-3-1-5-11(13)15(20)19-14-8-4-2-6-12(14)16(21)22-10-9-18/h1-8H,10H2,(H,19,20). The Morgan fingerprint density at radius 2 is 1.73 bits per heavy atom. The molecule has 0 bridgehead atoms. The number of esters is 1. The summed E-state index contributed by atoms with van der Waals surface area (Å²) in [5.74, 6) is -1.02. The molecule has 1 N–H and O–H groups in total. The van der Waals surface area contributed by atoms with Gasteiger partial charge in [0.15, 0.2) is 6.61 Å². The van der Waals surface area contributed by atoms with Gasteiger partial charge >= 0.3 is 5.97 Å². The summed E-state index contributed by atoms with van der Waals surface area (Å²) >= 11 is 3.30. The Kier molecular flexibility index (Phi) is 5.28. The van der Waals surface area contributed by atoms with Gasteiger partial charge in [-0.2, -0.15) is 5.26 Å². The summed E-state index contributed by atoms with van der Waals surface area (Å²) in [5.41, 5.74) is 0.965. The molecular formula is C16H11BrN2O3. The highest BCUT2D eigenvalue weighted by Crippen LogP contribution is 2.20. The second kappa shape index (κ2) is 7.38. The molecule has 6 heteroatoms. The Hall–Kier alpha value is -2.65. The number of hydrogen-bond donors (Lipinski definition) is 1. The Labute approximate surface area is 135 Å². The van der Waals surface area contributed by atoms with Crippen molar-refractivity contribution in [1.82, 2.24) is 0 Å². The topological polar surface area (TPSA) is 79.2 Å². The number of carbonyl (C=O) groups is 2. The number of nitrogens with zero attached hydrogens (tertiary/aromatic N) is 1. The Bertz CT molecular complexity index is 753. The quantitative estimate of drug-likeness (QED) is 0.849. The van der Waals surface area contributed by atoms with Gasteiger partial charge in [-0.15, -0.1) is 0 Å². The molecule has 0 aliphatic rings. The third-order valence-corrected chi connectivity index (χ3v) is 3.47. The van der Waals surface area contributed by atoms with Gasteiger partial charge < -0.3 is 10.1 Å². The summed E-state index contributed by atoms with van der Waals surface area (Å²) in [4.78, 5) is 24.2. The lowest BCUT2D eigenvalue weighted by atomic mass is 10.1. The monoisotopic (exact) mass is 358 g/mol. The third-order valence-electron chi connectivity index (χ3n) is 2.78. The van der Waals surface area contributed by atoms with Crippen LogP contribution in [-0.2, 0) is 4.74 Å². The molecule has 2 aromatic rings. The van der Waals surface area contributed by atoms with Crippen LogP contribution in [0.3, 0.4) is 0 Å². The first-order valence-electron chi connectivity index (χ1n) is 6.32. The van der Waals surface area contributed by atoms with Crippen molar-refractivity contribution in [3.8, 4) is 6.07 Å². The zero-order valence-electron chi connectivity index (χ0n) is 11.4. The summed E-state index contributed by atoms with van der Waals surface area (Å²) < 4.78 is 5.42. The number of para-hydroxylation sites is 1. The number of rotatable bonds is 4. The van der Waals surface area contributed by atoms with Gasteiger partial charge in [0, 0.05) is 4.47 Å². The number of halogens is 1. The predicted octanol–water partition coefficient (Wildman–Crippen LogP) is 3.38. The van der Waals surface area contributed by atoms with E-state index in [1.165, 1.54) is 6.07 Å². The van der Waals surface area contributed by atoms with E-state index in [1.807, 2.05) is 0 Å². The molecule has 0 saturated carbocycles. The van der Waals surface area contributed by atoms with Crippen LogP contribution in [0.25, 0.3) is 0 Å². The molecule has 0 spiro atoms. The smallest absolute Gasteiger partial charge is 0.341 e. The van der Waals surface area contributed by atoms with Crippen molar-refractivity contribution in [1.29, 1.82) is 5.26 Å². The average Bonchev–Trinajstić information content (AvgIpc) is 2.53. The largest absolute Gasteiger partial charge is 0.447 e. The molecule has 5 nitrogen and oxygen atoms in total. The molecule has 2 aromatic carbocycles. The van der Waals surface area contributed by atoms with E-state index in [0.717, 1.165) is 0 Å². The van der Waals surface area contributed by atoms with Gasteiger partial charge in [-0.3, -0.25) is 4.79 Å². The van der Waals surface area contributed by atoms with Gasteiger partial charge in [0.25, 0.3) is 5.91 Å². The minimum atomic E-state index is -0.662. The number of anilines is 1. The van der Waals surface area contributed by atoms with E-state index in [2.05, 4.69) is 21.2 Å². The Morgan fingerprint density at radius 1 is 1.09 bits per heavy atom. The van der Waals surface area contributed by atoms with E-state index in [1.54, 1.807) is 48.5 Å². The first-order valence-corrected chi connectivity index (χ1v) is 7.11. The van der Waals surface area contributed by atoms with Crippen molar-refractivity contribution < 1.29 is 14.3 Å². The summed E-state index contributed by atoms with van der Waals surface area (Å²) in [7, 11) is 0. The molecular weight excluding hydrogens is 348 g/mol. The molecule has 0 fully saturated rings. The molecule has 0 atom stereocenters. The number of amides is 1. The Balaban J connectivity index is 2.24. The van der Waals surface area contributed by atoms with E-state index in [4.69, 9.17) is 10.00 Å². The first kappa shape index (κ1) is 15.7. The highest BCUT2D eigenvalue weighted by molar-refractivity contribution is 9.10. The molecule has 22 heavy (non-hydrogen) atoms. The van der Waals surface area contributed by atoms with Crippen molar-refractivity contribution >= 4 is 33.5 Å². The van der Waals surface area contributed by atoms with Crippen LogP contribution in [0.2, 0.25) is 0 Å². The summed E-state index contributed by atoms with van der Waals surface area (Å²) in [6, 6.07) is 15.1. The third kappa shape index (κ3) is 3.71. The van der Waals surface area contributed by atoms with Gasteiger partial charge in [-0.1, -0.05) is 24.3 Å². The minimum Gasteiger partial charge on any atom is -0.447 e. The SMILES string of the molecule is N#CCOC(=O)c1ccccc1NC(=O)c1ccccc1Br. The summed E-state index contributed by atoms with van der Waals surface area (Å²) in [6.07, 6.45) is 0. The fourth-order valence-corrected chi connectivity index (χ4v) is 2.25. The fraction of sp³-hybridized carbons (Fsp3) is 0.0625. The maximum absolute atomic E-state index is 12.3. The molecule has 0 radical (unpaired) electrons. The molecule has 1 amide bonds. The van der Waals surface area contributed by atoms with E-state index in [-0.39, 0.29) is 18.1 Å². The minimum absolute atomic E-state index is 0.193. The second-order valence-corrected chi connectivity index (χ2v) is 5.07. The lowest BCUT2D eigenvalue weighted by Gasteiger charge is -2.10. The van der Waals surface area contributed by atoms with Gasteiger partial charge in [-0.25, -0.2) is 4.79 Å². The van der Waals surface area contributed by atoms with Crippen molar-refractivity contribution in [3.05, 3.63) is 64.1 Å². The van der Waals surface area contributed by atoms with Crippen LogP contribution in [-0.4, -0.2) is 18.5 Å². The summed E-state index contributed by atoms with van der Waals surface area (Å²) in [6.45, 7) is -0.342. The van der Waals surface area contributed by atoms with Crippen molar-refractivity contribution in [2.24, 2.45) is 0 Å². The molecule has 2 rings (SSSR count). The molecule has 0 heterocycles. The van der Waals surface area contributed by atoms with Gasteiger partial charge in [0.2, 0.25) is 0 Å². The first-order chi connectivity index (χ1) is 10.6. The van der Waals surface area contributed by atoms with Crippen LogP contribution in [0.4, 0.5) is 5.69 Å². The fourth-order valence-electron chi connectivity index (χ4n) is 1.78. The van der Waals surface area contributed by atoms with E-state index < -0.39 is 5.97 Å². The van der Waals surface area contributed by atoms with Gasteiger partial charge in [-0.05, 0) is 40.2 Å². The maximum atomic E-state index is 12.3. The van der Waals surface area contributed by atoms with Gasteiger partial charge in [0.05, 0.1) is 16.8 Å². The van der Waals surface area contributed by atoms with E-state index >= 15 is 0 Å². The zero-order valence-corrected chi connectivity index (χ0v) is 13.0. The average molecular weight is 359 g/mol. The van der Waals surface area contributed by atoms with Crippen molar-refractivity contribution in [2.75, 3.05) is 11.9 Å². The van der Waals surface area contributed by atoms with E-state index in [9.17, 15) is 9.59 Å². The lowest BCUT2D eigenvalue weighted by Crippen LogP contribution is -2.16. The number of hydrogen-bond acceptors (Lipinski definition) is 4. The van der Waals surface area contributed by atoms with E-state index in [0.29, 0.717) is 15.7 Å². The maximum Gasteiger partial charge on any atom is 0.341 e. The second-order valence-electron chi connectivity index (χ2n) is 4.21. The van der Waals surface area contributed by atoms with Crippen molar-refractivity contribution in [3.63, 3.8) is 0 Å². The zero-order chi connectivity index (χ0) is 15.9. The highest BCUT2D eigenvalue weighted by Gasteiger charge is 2.16. The molecule has 0 unspecified atom stereocenters. The molecule has 0 aliphatic carbocycles. The predicted molar refractivity (Wildman–Crippen MR) is 84.4 cm³/mol. The number of nitriles is 1. The van der Waals surface area contributed by atoms with Crippen LogP contribution in [0.1, 0.15) is 20.7 Å². The number of ether oxygens (including phenoxy) is 1. The number of benzene rings is 2. The van der Waals surface area contributed by atoms with Crippen LogP contribution in [0.15, 0.2) is 53.0 Å². The van der Waals surface area contributed by atoms with Crippen LogP contribution in [0.5, 0.6) is 0 Å². The highest BCUT2D eigenvalue weighted by atomic mass is 79.9. The Morgan fingerprint density at radius 3 is 2.41 bits per heavy atom. The molecule has 0 saturated heterocycles. The lowest BCUT2D eigenvalue weighted by molar-refractivity contribution is 0.0556. The van der Waals surface area contributed by atoms with Crippen molar-refractivity contribution in [2.45, 2.75) is 0 Å².